The van der Waals surface area contributed by atoms with Gasteiger partial charge < -0.3 is 9.84 Å². The van der Waals surface area contributed by atoms with Crippen molar-refractivity contribution in [2.24, 2.45) is 5.11 Å². The van der Waals surface area contributed by atoms with E-state index in [9.17, 15) is 5.11 Å². The van der Waals surface area contributed by atoms with E-state index in [-0.39, 0.29) is 12.1 Å². The highest BCUT2D eigenvalue weighted by molar-refractivity contribution is 5.13. The van der Waals surface area contributed by atoms with E-state index in [1.807, 2.05) is 30.3 Å². The Bertz CT molecular complexity index is 403. The van der Waals surface area contributed by atoms with Gasteiger partial charge in [0.15, 0.2) is 0 Å². The van der Waals surface area contributed by atoms with Gasteiger partial charge in [-0.15, -0.1) is 0 Å². The van der Waals surface area contributed by atoms with Gasteiger partial charge in [0.2, 0.25) is 0 Å². The number of benzene rings is 1. The summed E-state index contributed by atoms with van der Waals surface area (Å²) in [5.41, 5.74) is 9.45. The molecule has 5 nitrogen and oxygen atoms in total. The van der Waals surface area contributed by atoms with Gasteiger partial charge in [-0.1, -0.05) is 35.4 Å². The largest absolute Gasteiger partial charge is 0.393 e. The minimum Gasteiger partial charge on any atom is -0.393 e. The van der Waals surface area contributed by atoms with Crippen molar-refractivity contribution in [3.63, 3.8) is 0 Å². The molecule has 0 aromatic heterocycles. The molecule has 1 N–H and O–H groups in total. The van der Waals surface area contributed by atoms with Crippen LogP contribution in [0.5, 0.6) is 0 Å². The Morgan fingerprint density at radius 3 is 2.82 bits per heavy atom. The number of rotatable bonds is 4. The smallest absolute Gasteiger partial charge is 0.0720 e. The fraction of sp³-hybridized carbons (Fsp3) is 0.500. The van der Waals surface area contributed by atoms with Crippen molar-refractivity contribution in [2.45, 2.75) is 37.7 Å². The molecule has 1 aliphatic rings. The van der Waals surface area contributed by atoms with Crippen LogP contribution in [0.2, 0.25) is 0 Å². The van der Waals surface area contributed by atoms with E-state index in [2.05, 4.69) is 10.0 Å². The summed E-state index contributed by atoms with van der Waals surface area (Å²) in [6, 6.07) is 9.53. The lowest BCUT2D eigenvalue weighted by atomic mass is 10.2. The van der Waals surface area contributed by atoms with Gasteiger partial charge in [0.05, 0.1) is 24.9 Å². The molecule has 0 saturated heterocycles. The van der Waals surface area contributed by atoms with Crippen LogP contribution in [-0.2, 0) is 11.3 Å². The molecule has 0 bridgehead atoms. The lowest BCUT2D eigenvalue weighted by Gasteiger charge is -2.10. The van der Waals surface area contributed by atoms with Gasteiger partial charge in [0.1, 0.15) is 0 Å². The zero-order valence-corrected chi connectivity index (χ0v) is 9.44. The first-order chi connectivity index (χ1) is 8.29. The Hall–Kier alpha value is -1.55. The molecule has 5 heteroatoms. The molecule has 2 rings (SSSR count). The number of hydrogen-bond donors (Lipinski definition) is 1. The third-order valence-electron chi connectivity index (χ3n) is 2.98. The summed E-state index contributed by atoms with van der Waals surface area (Å²) in [4.78, 5) is 2.73. The van der Waals surface area contributed by atoms with E-state index in [0.717, 1.165) is 5.56 Å². The lowest BCUT2D eigenvalue weighted by Crippen LogP contribution is -2.15. The number of aliphatic hydroxyl groups is 1. The lowest BCUT2D eigenvalue weighted by molar-refractivity contribution is 0.0357. The van der Waals surface area contributed by atoms with Gasteiger partial charge in [0, 0.05) is 4.91 Å². The van der Waals surface area contributed by atoms with Crippen LogP contribution in [0.3, 0.4) is 0 Å². The highest BCUT2D eigenvalue weighted by atomic mass is 16.5. The molecular formula is C12H15N3O2. The van der Waals surface area contributed by atoms with Gasteiger partial charge >= 0.3 is 0 Å². The van der Waals surface area contributed by atoms with Gasteiger partial charge in [0.25, 0.3) is 0 Å². The van der Waals surface area contributed by atoms with Crippen molar-refractivity contribution in [1.82, 2.24) is 0 Å². The van der Waals surface area contributed by atoms with E-state index in [1.165, 1.54) is 0 Å². The van der Waals surface area contributed by atoms with Crippen LogP contribution in [0.15, 0.2) is 35.4 Å². The second-order valence-corrected chi connectivity index (χ2v) is 4.23. The van der Waals surface area contributed by atoms with E-state index in [1.54, 1.807) is 0 Å². The van der Waals surface area contributed by atoms with Gasteiger partial charge in [-0.25, -0.2) is 0 Å². The minimum atomic E-state index is -0.577. The predicted octanol–water partition coefficient (Wildman–Crippen LogP) is 2.41. The monoisotopic (exact) mass is 233 g/mol. The van der Waals surface area contributed by atoms with Crippen molar-refractivity contribution in [3.05, 3.63) is 46.3 Å². The first-order valence-corrected chi connectivity index (χ1v) is 5.67. The van der Waals surface area contributed by atoms with Crippen LogP contribution < -0.4 is 0 Å². The molecule has 1 aliphatic carbocycles. The topological polar surface area (TPSA) is 78.2 Å². The summed E-state index contributed by atoms with van der Waals surface area (Å²) in [6.07, 6.45) is 0.529. The molecular weight excluding hydrogens is 218 g/mol. The quantitative estimate of drug-likeness (QED) is 0.492. The predicted molar refractivity (Wildman–Crippen MR) is 63.2 cm³/mol. The average molecular weight is 233 g/mol. The molecule has 1 aromatic carbocycles. The van der Waals surface area contributed by atoms with Crippen LogP contribution in [-0.4, -0.2) is 23.4 Å². The van der Waals surface area contributed by atoms with Crippen LogP contribution >= 0.6 is 0 Å². The maximum Gasteiger partial charge on any atom is 0.0720 e. The zero-order valence-electron chi connectivity index (χ0n) is 9.44. The van der Waals surface area contributed by atoms with Gasteiger partial charge in [-0.05, 0) is 23.9 Å². The van der Waals surface area contributed by atoms with E-state index >= 15 is 0 Å². The summed E-state index contributed by atoms with van der Waals surface area (Å²) >= 11 is 0. The van der Waals surface area contributed by atoms with Gasteiger partial charge in [-0.3, -0.25) is 0 Å². The Labute approximate surface area is 99.7 Å². The van der Waals surface area contributed by atoms with Crippen LogP contribution in [0.4, 0.5) is 0 Å². The summed E-state index contributed by atoms with van der Waals surface area (Å²) < 4.78 is 5.69. The summed E-state index contributed by atoms with van der Waals surface area (Å²) in [7, 11) is 0. The van der Waals surface area contributed by atoms with Crippen molar-refractivity contribution in [2.75, 3.05) is 0 Å². The molecule has 0 radical (unpaired) electrons. The van der Waals surface area contributed by atoms with E-state index in [4.69, 9.17) is 10.3 Å². The molecule has 1 fully saturated rings. The van der Waals surface area contributed by atoms with Crippen molar-refractivity contribution in [1.29, 1.82) is 0 Å². The maximum atomic E-state index is 9.64. The van der Waals surface area contributed by atoms with Crippen molar-refractivity contribution in [3.8, 4) is 0 Å². The summed E-state index contributed by atoms with van der Waals surface area (Å²) in [5.74, 6) is 0. The molecule has 1 aromatic rings. The first kappa shape index (κ1) is 11.9. The highest BCUT2D eigenvalue weighted by Crippen LogP contribution is 2.26. The third-order valence-corrected chi connectivity index (χ3v) is 2.98. The maximum absolute atomic E-state index is 9.64. The summed E-state index contributed by atoms with van der Waals surface area (Å²) in [6.45, 7) is 0.529. The second-order valence-electron chi connectivity index (χ2n) is 4.23. The van der Waals surface area contributed by atoms with Crippen LogP contribution in [0.25, 0.3) is 10.4 Å². The Balaban J connectivity index is 1.84. The number of azide groups is 1. The first-order valence-electron chi connectivity index (χ1n) is 5.67. The normalized spacial score (nSPS) is 27.7. The highest BCUT2D eigenvalue weighted by Gasteiger charge is 2.32. The number of aliphatic hydroxyl groups excluding tert-OH is 1. The van der Waals surface area contributed by atoms with Crippen LogP contribution in [0.1, 0.15) is 18.4 Å². The minimum absolute atomic E-state index is 0.0271. The number of hydrogen-bond acceptors (Lipinski definition) is 3. The van der Waals surface area contributed by atoms with E-state index in [0.29, 0.717) is 19.4 Å². The summed E-state index contributed by atoms with van der Waals surface area (Å²) in [5, 5.41) is 13.2. The Morgan fingerprint density at radius 1 is 1.35 bits per heavy atom. The SMILES string of the molecule is [N-]=[N+]=NC1C[C@@H](OCc2ccccc2)CC1O. The third kappa shape index (κ3) is 3.20. The number of nitrogens with zero attached hydrogens (tertiary/aromatic N) is 3. The van der Waals surface area contributed by atoms with Gasteiger partial charge in [-0.2, -0.15) is 0 Å². The molecule has 1 saturated carbocycles. The molecule has 0 heterocycles. The number of ether oxygens (including phenoxy) is 1. The van der Waals surface area contributed by atoms with Crippen LogP contribution in [0, 0.1) is 0 Å². The molecule has 3 atom stereocenters. The van der Waals surface area contributed by atoms with Crippen molar-refractivity contribution >= 4 is 0 Å². The molecule has 0 aliphatic heterocycles. The molecule has 90 valence electrons. The Morgan fingerprint density at radius 2 is 2.12 bits per heavy atom. The molecule has 2 unspecified atom stereocenters. The fourth-order valence-corrected chi connectivity index (χ4v) is 2.06. The molecule has 0 amide bonds. The average Bonchev–Trinajstić information content (AvgIpc) is 2.70. The molecule has 0 spiro atoms. The van der Waals surface area contributed by atoms with E-state index < -0.39 is 6.10 Å². The Kier molecular flexibility index (Phi) is 3.98. The second kappa shape index (κ2) is 5.68. The standard InChI is InChI=1S/C12H15N3O2/c13-15-14-11-6-10(7-12(11)16)17-8-9-4-2-1-3-5-9/h1-5,10-12,16H,6-8H2/t10-,11?,12?/m1/s1. The van der Waals surface area contributed by atoms with Crippen molar-refractivity contribution < 1.29 is 9.84 Å². The fourth-order valence-electron chi connectivity index (χ4n) is 2.06. The zero-order chi connectivity index (χ0) is 12.1. The molecule has 17 heavy (non-hydrogen) atoms.